The number of hydrogen-bond acceptors (Lipinski definition) is 5. The molecule has 0 saturated carbocycles. The minimum Gasteiger partial charge on any atom is -0.384 e. The van der Waals surface area contributed by atoms with Gasteiger partial charge < -0.3 is 10.6 Å². The highest BCUT2D eigenvalue weighted by molar-refractivity contribution is 5.65. The van der Waals surface area contributed by atoms with Crippen molar-refractivity contribution in [3.8, 4) is 6.07 Å². The molecular weight excluding hydrogens is 214 g/mol. The molecule has 84 valence electrons. The van der Waals surface area contributed by atoms with E-state index in [-0.39, 0.29) is 0 Å². The van der Waals surface area contributed by atoms with Crippen LogP contribution in [0.2, 0.25) is 0 Å². The van der Waals surface area contributed by atoms with Gasteiger partial charge in [-0.25, -0.2) is 4.98 Å². The van der Waals surface area contributed by atoms with E-state index in [0.29, 0.717) is 17.3 Å². The van der Waals surface area contributed by atoms with Crippen LogP contribution in [0.4, 0.5) is 17.5 Å². The Labute approximate surface area is 99.1 Å². The summed E-state index contributed by atoms with van der Waals surface area (Å²) >= 11 is 0. The molecule has 0 amide bonds. The predicted octanol–water partition coefficient (Wildman–Crippen LogP) is 1.70. The molecule has 0 unspecified atom stereocenters. The maximum absolute atomic E-state index is 9.03. The first kappa shape index (κ1) is 10.9. The van der Waals surface area contributed by atoms with Crippen LogP contribution >= 0.6 is 0 Å². The summed E-state index contributed by atoms with van der Waals surface area (Å²) in [6.45, 7) is 0. The normalized spacial score (nSPS) is 9.65. The van der Waals surface area contributed by atoms with Crippen LogP contribution in [0.25, 0.3) is 0 Å². The molecule has 0 fully saturated rings. The van der Waals surface area contributed by atoms with Crippen molar-refractivity contribution in [3.63, 3.8) is 0 Å². The van der Waals surface area contributed by atoms with E-state index in [2.05, 4.69) is 16.0 Å². The van der Waals surface area contributed by atoms with E-state index in [9.17, 15) is 0 Å². The Kier molecular flexibility index (Phi) is 2.88. The van der Waals surface area contributed by atoms with E-state index in [1.54, 1.807) is 30.3 Å². The Morgan fingerprint density at radius 1 is 1.29 bits per heavy atom. The van der Waals surface area contributed by atoms with E-state index >= 15 is 0 Å². The van der Waals surface area contributed by atoms with E-state index in [1.165, 1.54) is 0 Å². The number of anilines is 3. The maximum Gasteiger partial charge on any atom is 0.231 e. The molecule has 0 aliphatic heterocycles. The molecule has 5 heteroatoms. The van der Waals surface area contributed by atoms with Crippen molar-refractivity contribution in [3.05, 3.63) is 42.1 Å². The first-order valence-corrected chi connectivity index (χ1v) is 5.04. The molecule has 2 rings (SSSR count). The fourth-order valence-electron chi connectivity index (χ4n) is 1.49. The molecule has 5 nitrogen and oxygen atoms in total. The van der Waals surface area contributed by atoms with Crippen molar-refractivity contribution in [2.24, 2.45) is 0 Å². The van der Waals surface area contributed by atoms with Gasteiger partial charge in [-0.15, -0.1) is 0 Å². The monoisotopic (exact) mass is 225 g/mol. The van der Waals surface area contributed by atoms with Crippen LogP contribution < -0.4 is 10.6 Å². The fraction of sp³-hybridized carbons (Fsp3) is 0.0833. The first-order valence-electron chi connectivity index (χ1n) is 5.04. The van der Waals surface area contributed by atoms with Crippen molar-refractivity contribution in [2.45, 2.75) is 0 Å². The number of hydrogen-bond donors (Lipinski definition) is 1. The molecule has 0 spiro atoms. The second-order valence-corrected chi connectivity index (χ2v) is 3.47. The van der Waals surface area contributed by atoms with Crippen LogP contribution in [-0.4, -0.2) is 17.0 Å². The number of benzene rings is 1. The van der Waals surface area contributed by atoms with Crippen LogP contribution in [0.5, 0.6) is 0 Å². The number of nitrogen functional groups attached to an aromatic ring is 1. The lowest BCUT2D eigenvalue weighted by molar-refractivity contribution is 1.04. The van der Waals surface area contributed by atoms with Crippen molar-refractivity contribution >= 4 is 17.5 Å². The Morgan fingerprint density at radius 2 is 2.06 bits per heavy atom. The minimum absolute atomic E-state index is 0.399. The number of rotatable bonds is 2. The van der Waals surface area contributed by atoms with Crippen LogP contribution in [-0.2, 0) is 0 Å². The fourth-order valence-corrected chi connectivity index (χ4v) is 1.49. The van der Waals surface area contributed by atoms with E-state index in [0.717, 1.165) is 5.69 Å². The average molecular weight is 225 g/mol. The van der Waals surface area contributed by atoms with Crippen molar-refractivity contribution in [1.29, 1.82) is 5.26 Å². The smallest absolute Gasteiger partial charge is 0.231 e. The number of para-hydroxylation sites is 1. The quantitative estimate of drug-likeness (QED) is 0.841. The molecule has 0 bridgehead atoms. The zero-order valence-corrected chi connectivity index (χ0v) is 9.33. The van der Waals surface area contributed by atoms with E-state index < -0.39 is 0 Å². The van der Waals surface area contributed by atoms with E-state index in [1.807, 2.05) is 18.2 Å². The highest BCUT2D eigenvalue weighted by Gasteiger charge is 2.10. The van der Waals surface area contributed by atoms with Crippen LogP contribution in [0.15, 0.2) is 36.5 Å². The van der Waals surface area contributed by atoms with Crippen molar-refractivity contribution in [1.82, 2.24) is 9.97 Å². The molecule has 0 saturated heterocycles. The summed E-state index contributed by atoms with van der Waals surface area (Å²) in [5, 5.41) is 9.03. The summed E-state index contributed by atoms with van der Waals surface area (Å²) in [6, 6.07) is 11.0. The van der Waals surface area contributed by atoms with Crippen LogP contribution in [0.3, 0.4) is 0 Å². The number of nitrogens with zero attached hydrogens (tertiary/aromatic N) is 4. The van der Waals surface area contributed by atoms with Gasteiger partial charge in [0.1, 0.15) is 11.9 Å². The minimum atomic E-state index is 0.399. The predicted molar refractivity (Wildman–Crippen MR) is 65.7 cm³/mol. The maximum atomic E-state index is 9.03. The van der Waals surface area contributed by atoms with Gasteiger partial charge in [-0.1, -0.05) is 12.1 Å². The molecule has 2 aromatic rings. The summed E-state index contributed by atoms with van der Waals surface area (Å²) < 4.78 is 0. The number of aromatic nitrogens is 2. The van der Waals surface area contributed by atoms with Crippen molar-refractivity contribution < 1.29 is 0 Å². The third-order valence-electron chi connectivity index (χ3n) is 2.35. The molecular formula is C12H11N5. The molecule has 1 aromatic heterocycles. The molecule has 0 aliphatic carbocycles. The number of nitrogens with two attached hydrogens (primary N) is 1. The van der Waals surface area contributed by atoms with Gasteiger partial charge in [-0.3, -0.25) is 0 Å². The summed E-state index contributed by atoms with van der Waals surface area (Å²) in [4.78, 5) is 9.96. The van der Waals surface area contributed by atoms with Crippen LogP contribution in [0, 0.1) is 11.3 Å². The molecule has 17 heavy (non-hydrogen) atoms. The Bertz CT molecular complexity index is 573. The van der Waals surface area contributed by atoms with E-state index in [4.69, 9.17) is 11.0 Å². The van der Waals surface area contributed by atoms with Gasteiger partial charge in [0.15, 0.2) is 0 Å². The second-order valence-electron chi connectivity index (χ2n) is 3.47. The Morgan fingerprint density at radius 3 is 2.76 bits per heavy atom. The van der Waals surface area contributed by atoms with Gasteiger partial charge in [0, 0.05) is 13.2 Å². The van der Waals surface area contributed by atoms with Crippen molar-refractivity contribution in [2.75, 3.05) is 17.7 Å². The molecule has 0 radical (unpaired) electrons. The third kappa shape index (κ3) is 2.16. The number of nitriles is 1. The Balaban J connectivity index is 2.44. The molecule has 1 heterocycles. The molecule has 2 N–H and O–H groups in total. The lowest BCUT2D eigenvalue weighted by Gasteiger charge is -2.18. The highest BCUT2D eigenvalue weighted by atomic mass is 15.2. The lowest BCUT2D eigenvalue weighted by atomic mass is 10.2. The lowest BCUT2D eigenvalue weighted by Crippen LogP contribution is -2.14. The van der Waals surface area contributed by atoms with Gasteiger partial charge >= 0.3 is 0 Å². The van der Waals surface area contributed by atoms with Gasteiger partial charge in [-0.2, -0.15) is 10.2 Å². The third-order valence-corrected chi connectivity index (χ3v) is 2.35. The molecule has 0 aliphatic rings. The second kappa shape index (κ2) is 4.49. The summed E-state index contributed by atoms with van der Waals surface area (Å²) in [6.07, 6.45) is 1.59. The summed E-state index contributed by atoms with van der Waals surface area (Å²) in [7, 11) is 1.80. The topological polar surface area (TPSA) is 78.8 Å². The largest absolute Gasteiger partial charge is 0.384 e. The van der Waals surface area contributed by atoms with Gasteiger partial charge in [0.25, 0.3) is 0 Å². The standard InChI is InChI=1S/C12H11N5/c1-17(12-15-7-6-11(14)16-12)10-5-3-2-4-9(10)8-13/h2-7H,1H3,(H2,14,15,16). The highest BCUT2D eigenvalue weighted by Crippen LogP contribution is 2.23. The van der Waals surface area contributed by atoms with Gasteiger partial charge in [0.05, 0.1) is 11.3 Å². The average Bonchev–Trinajstić information content (AvgIpc) is 2.38. The summed E-state index contributed by atoms with van der Waals surface area (Å²) in [5.74, 6) is 0.865. The van der Waals surface area contributed by atoms with Crippen LogP contribution in [0.1, 0.15) is 5.56 Å². The van der Waals surface area contributed by atoms with Gasteiger partial charge in [0.2, 0.25) is 5.95 Å². The Hall–Kier alpha value is -2.61. The molecule has 1 aromatic carbocycles. The molecule has 0 atom stereocenters. The zero-order chi connectivity index (χ0) is 12.3. The van der Waals surface area contributed by atoms with Gasteiger partial charge in [-0.05, 0) is 18.2 Å². The first-order chi connectivity index (χ1) is 8.22. The zero-order valence-electron chi connectivity index (χ0n) is 9.33. The summed E-state index contributed by atoms with van der Waals surface area (Å²) in [5.41, 5.74) is 6.92. The SMILES string of the molecule is CN(c1nccc(N)n1)c1ccccc1C#N.